The van der Waals surface area contributed by atoms with Crippen molar-refractivity contribution in [3.8, 4) is 0 Å². The smallest absolute Gasteiger partial charge is 0.311 e. The van der Waals surface area contributed by atoms with E-state index in [4.69, 9.17) is 0 Å². The molecule has 0 saturated heterocycles. The third-order valence-corrected chi connectivity index (χ3v) is 3.10. The summed E-state index contributed by atoms with van der Waals surface area (Å²) in [5.74, 6) is 0. The van der Waals surface area contributed by atoms with Gasteiger partial charge in [-0.25, -0.2) is 0 Å². The van der Waals surface area contributed by atoms with Gasteiger partial charge in [0.25, 0.3) is 0 Å². The molecule has 0 amide bonds. The number of aromatic nitrogens is 2. The molecule has 1 aromatic rings. The van der Waals surface area contributed by atoms with Crippen molar-refractivity contribution in [3.63, 3.8) is 0 Å². The summed E-state index contributed by atoms with van der Waals surface area (Å²) in [5, 5.41) is 6.71. The lowest BCUT2D eigenvalue weighted by Crippen LogP contribution is -2.32. The number of nitrogens with one attached hydrogen (secondary N) is 1. The topological polar surface area (TPSA) is 33.1 Å². The molecule has 0 bridgehead atoms. The molecule has 0 spiro atoms. The van der Waals surface area contributed by atoms with Crippen LogP contribution in [-0.2, 0) is 19.8 Å². The number of alkyl halides is 3. The summed E-state index contributed by atoms with van der Waals surface area (Å²) in [6, 6.07) is 0. The van der Waals surface area contributed by atoms with Gasteiger partial charge in [-0.05, 0) is 13.1 Å². The van der Waals surface area contributed by atoms with Crippen LogP contribution in [0.2, 0.25) is 0 Å². The zero-order valence-corrected chi connectivity index (χ0v) is 14.0. The highest BCUT2D eigenvalue weighted by Gasteiger charge is 2.36. The Balaban J connectivity index is 0. The molecule has 9 heteroatoms. The molecule has 1 N–H and O–H groups in total. The van der Waals surface area contributed by atoms with Crippen LogP contribution in [-0.4, -0.2) is 40.9 Å². The Morgan fingerprint density at radius 1 is 1.24 bits per heavy atom. The zero-order chi connectivity index (χ0) is 14.5. The molecule has 21 heavy (non-hydrogen) atoms. The van der Waals surface area contributed by atoms with Crippen LogP contribution >= 0.6 is 24.8 Å². The molecule has 0 aliphatic heterocycles. The number of hydrogen-bond donors (Lipinski definition) is 1. The summed E-state index contributed by atoms with van der Waals surface area (Å²) >= 11 is 0. The highest BCUT2D eigenvalue weighted by molar-refractivity contribution is 5.85. The summed E-state index contributed by atoms with van der Waals surface area (Å²) in [5.41, 5.74) is -0.489. The third-order valence-electron chi connectivity index (χ3n) is 3.10. The Kier molecular flexibility index (Phi) is 11.1. The second kappa shape index (κ2) is 10.3. The van der Waals surface area contributed by atoms with Gasteiger partial charge in [0, 0.05) is 32.2 Å². The maximum absolute atomic E-state index is 12.8. The lowest BCUT2D eigenvalue weighted by Gasteiger charge is -2.18. The van der Waals surface area contributed by atoms with Crippen LogP contribution in [0.15, 0.2) is 6.20 Å². The molecular formula is C12H23Cl2F3N4. The Hall–Kier alpha value is -0.500. The normalized spacial score (nSPS) is 11.2. The first-order chi connectivity index (χ1) is 8.90. The molecule has 1 aromatic heterocycles. The molecule has 0 saturated carbocycles. The summed E-state index contributed by atoms with van der Waals surface area (Å²) in [6.45, 7) is 7.68. The third kappa shape index (κ3) is 6.86. The van der Waals surface area contributed by atoms with E-state index in [2.05, 4.69) is 29.2 Å². The van der Waals surface area contributed by atoms with E-state index in [0.717, 1.165) is 24.3 Å². The number of rotatable bonds is 7. The van der Waals surface area contributed by atoms with Gasteiger partial charge in [0.05, 0.1) is 6.20 Å². The fourth-order valence-electron chi connectivity index (χ4n) is 1.98. The predicted octanol–water partition coefficient (Wildman–Crippen LogP) is 2.71. The zero-order valence-electron chi connectivity index (χ0n) is 12.4. The minimum atomic E-state index is -4.36. The summed E-state index contributed by atoms with van der Waals surface area (Å²) in [6.07, 6.45) is -3.09. The van der Waals surface area contributed by atoms with Gasteiger partial charge in [0.15, 0.2) is 0 Å². The van der Waals surface area contributed by atoms with Crippen LogP contribution in [0.1, 0.15) is 25.1 Å². The van der Waals surface area contributed by atoms with Crippen molar-refractivity contribution in [2.75, 3.05) is 26.2 Å². The van der Waals surface area contributed by atoms with Gasteiger partial charge in [-0.1, -0.05) is 13.8 Å². The van der Waals surface area contributed by atoms with Crippen LogP contribution in [0.4, 0.5) is 13.2 Å². The number of hydrogen-bond acceptors (Lipinski definition) is 3. The minimum absolute atomic E-state index is 0. The van der Waals surface area contributed by atoms with E-state index in [1.165, 1.54) is 13.2 Å². The predicted molar refractivity (Wildman–Crippen MR) is 82.2 cm³/mol. The SMILES string of the molecule is CCN(CC)CCNCc1cnn(C)c1C(F)(F)F.Cl.Cl. The van der Waals surface area contributed by atoms with Gasteiger partial charge in [-0.3, -0.25) is 4.68 Å². The van der Waals surface area contributed by atoms with E-state index in [1.54, 1.807) is 0 Å². The van der Waals surface area contributed by atoms with E-state index in [0.29, 0.717) is 6.54 Å². The average molecular weight is 351 g/mol. The summed E-state index contributed by atoms with van der Waals surface area (Å²) in [7, 11) is 1.31. The van der Waals surface area contributed by atoms with E-state index in [9.17, 15) is 13.2 Å². The van der Waals surface area contributed by atoms with Crippen molar-refractivity contribution in [2.45, 2.75) is 26.6 Å². The van der Waals surface area contributed by atoms with Crippen LogP contribution in [0.5, 0.6) is 0 Å². The average Bonchev–Trinajstić information content (AvgIpc) is 2.70. The largest absolute Gasteiger partial charge is 0.433 e. The second-order valence-electron chi connectivity index (χ2n) is 4.34. The Labute approximate surface area is 135 Å². The molecule has 1 rings (SSSR count). The maximum Gasteiger partial charge on any atom is 0.433 e. The van der Waals surface area contributed by atoms with Gasteiger partial charge in [-0.2, -0.15) is 18.3 Å². The molecule has 126 valence electrons. The van der Waals surface area contributed by atoms with Gasteiger partial charge >= 0.3 is 6.18 Å². The molecule has 4 nitrogen and oxygen atoms in total. The molecule has 0 aromatic carbocycles. The van der Waals surface area contributed by atoms with Crippen molar-refractivity contribution in [1.29, 1.82) is 0 Å². The van der Waals surface area contributed by atoms with Crippen LogP contribution < -0.4 is 5.32 Å². The number of halogens is 5. The van der Waals surface area contributed by atoms with Crippen LogP contribution in [0.3, 0.4) is 0 Å². The van der Waals surface area contributed by atoms with Gasteiger partial charge < -0.3 is 10.2 Å². The van der Waals surface area contributed by atoms with Crippen molar-refractivity contribution in [1.82, 2.24) is 20.0 Å². The van der Waals surface area contributed by atoms with Crippen molar-refractivity contribution >= 4 is 24.8 Å². The highest BCUT2D eigenvalue weighted by Crippen LogP contribution is 2.31. The standard InChI is InChI=1S/C12H21F3N4.2ClH/c1-4-19(5-2)7-6-16-8-10-9-17-18(3)11(10)12(13,14)15;;/h9,16H,4-8H2,1-3H3;2*1H. The fraction of sp³-hybridized carbons (Fsp3) is 0.750. The van der Waals surface area contributed by atoms with E-state index < -0.39 is 11.9 Å². The van der Waals surface area contributed by atoms with Gasteiger partial charge in [-0.15, -0.1) is 24.8 Å². The fourth-order valence-corrected chi connectivity index (χ4v) is 1.98. The first-order valence-electron chi connectivity index (χ1n) is 6.41. The molecule has 0 aliphatic rings. The number of nitrogens with zero attached hydrogens (tertiary/aromatic N) is 3. The Morgan fingerprint density at radius 3 is 2.29 bits per heavy atom. The molecule has 0 atom stereocenters. The lowest BCUT2D eigenvalue weighted by atomic mass is 10.2. The Bertz CT molecular complexity index is 392. The first kappa shape index (κ1) is 22.8. The summed E-state index contributed by atoms with van der Waals surface area (Å²) < 4.78 is 39.3. The van der Waals surface area contributed by atoms with E-state index in [-0.39, 0.29) is 36.9 Å². The minimum Gasteiger partial charge on any atom is -0.311 e. The Morgan fingerprint density at radius 2 is 1.81 bits per heavy atom. The molecular weight excluding hydrogens is 328 g/mol. The van der Waals surface area contributed by atoms with Crippen molar-refractivity contribution in [3.05, 3.63) is 17.5 Å². The van der Waals surface area contributed by atoms with Crippen LogP contribution in [0, 0.1) is 0 Å². The number of aryl methyl sites for hydroxylation is 1. The monoisotopic (exact) mass is 350 g/mol. The number of likely N-dealkylation sites (N-methyl/N-ethyl adjacent to an activating group) is 1. The highest BCUT2D eigenvalue weighted by atomic mass is 35.5. The maximum atomic E-state index is 12.8. The molecule has 0 unspecified atom stereocenters. The van der Waals surface area contributed by atoms with Crippen LogP contribution in [0.25, 0.3) is 0 Å². The lowest BCUT2D eigenvalue weighted by molar-refractivity contribution is -0.144. The molecule has 0 radical (unpaired) electrons. The first-order valence-corrected chi connectivity index (χ1v) is 6.41. The van der Waals surface area contributed by atoms with Crippen molar-refractivity contribution < 1.29 is 13.2 Å². The van der Waals surface area contributed by atoms with Crippen molar-refractivity contribution in [2.24, 2.45) is 7.05 Å². The molecule has 1 heterocycles. The quantitative estimate of drug-likeness (QED) is 0.767. The van der Waals surface area contributed by atoms with E-state index >= 15 is 0 Å². The van der Waals surface area contributed by atoms with Gasteiger partial charge in [0.2, 0.25) is 0 Å². The van der Waals surface area contributed by atoms with E-state index in [1.807, 2.05) is 0 Å². The molecule has 0 fully saturated rings. The summed E-state index contributed by atoms with van der Waals surface area (Å²) in [4.78, 5) is 2.21. The molecule has 0 aliphatic carbocycles. The second-order valence-corrected chi connectivity index (χ2v) is 4.34. The van der Waals surface area contributed by atoms with Gasteiger partial charge in [0.1, 0.15) is 5.69 Å².